The molecule has 0 saturated heterocycles. The number of benzene rings is 2. The number of nitrogens with zero attached hydrogens (tertiary/aromatic N) is 3. The van der Waals surface area contributed by atoms with Crippen molar-refractivity contribution >= 4 is 34.8 Å². The second-order valence-electron chi connectivity index (χ2n) is 7.30. The average Bonchev–Trinajstić information content (AvgIpc) is 3.36. The highest BCUT2D eigenvalue weighted by Crippen LogP contribution is 2.23. The van der Waals surface area contributed by atoms with Crippen molar-refractivity contribution < 1.29 is 14.1 Å². The Balaban J connectivity index is 1.42. The van der Waals surface area contributed by atoms with Crippen molar-refractivity contribution in [2.24, 2.45) is 0 Å². The minimum absolute atomic E-state index is 0.164. The van der Waals surface area contributed by atoms with Crippen LogP contribution in [0.1, 0.15) is 32.9 Å². The van der Waals surface area contributed by atoms with Gasteiger partial charge in [-0.3, -0.25) is 9.48 Å². The monoisotopic (exact) mass is 470 g/mol. The number of amides is 1. The molecule has 9 heteroatoms. The van der Waals surface area contributed by atoms with Crippen molar-refractivity contribution in [2.45, 2.75) is 27.0 Å². The summed E-state index contributed by atoms with van der Waals surface area (Å²) in [6.45, 7) is 4.39. The summed E-state index contributed by atoms with van der Waals surface area (Å²) < 4.78 is 12.7. The number of aromatic nitrogens is 3. The maximum Gasteiger partial charge on any atom is 0.278 e. The van der Waals surface area contributed by atoms with Gasteiger partial charge in [-0.2, -0.15) is 5.10 Å². The Morgan fingerprint density at radius 2 is 1.91 bits per heavy atom. The Hall–Kier alpha value is -3.29. The second kappa shape index (κ2) is 9.46. The Morgan fingerprint density at radius 3 is 2.66 bits per heavy atom. The van der Waals surface area contributed by atoms with Gasteiger partial charge in [0, 0.05) is 6.20 Å². The molecule has 7 nitrogen and oxygen atoms in total. The standard InChI is InChI=1S/C23H20Cl2N4O3/c1-14-3-6-18(7-4-14)31-13-19-15(2)32-28-22(19)23(30)27-17-10-26-29(12-17)11-16-5-8-20(24)21(25)9-16/h3-10,12H,11,13H2,1-2H3,(H,27,30). The minimum atomic E-state index is -0.404. The van der Waals surface area contributed by atoms with Crippen LogP contribution >= 0.6 is 23.2 Å². The SMILES string of the molecule is Cc1ccc(OCc2c(C(=O)Nc3cnn(Cc4ccc(Cl)c(Cl)c4)c3)noc2C)cc1. The zero-order chi connectivity index (χ0) is 22.7. The highest BCUT2D eigenvalue weighted by Gasteiger charge is 2.21. The van der Waals surface area contributed by atoms with Gasteiger partial charge >= 0.3 is 0 Å². The van der Waals surface area contributed by atoms with Crippen LogP contribution in [0.5, 0.6) is 5.75 Å². The van der Waals surface area contributed by atoms with Crippen LogP contribution in [-0.2, 0) is 13.2 Å². The molecule has 2 aromatic heterocycles. The quantitative estimate of drug-likeness (QED) is 0.375. The van der Waals surface area contributed by atoms with Gasteiger partial charge in [0.05, 0.1) is 34.0 Å². The van der Waals surface area contributed by atoms with E-state index in [2.05, 4.69) is 15.6 Å². The van der Waals surface area contributed by atoms with Gasteiger partial charge in [-0.15, -0.1) is 0 Å². The lowest BCUT2D eigenvalue weighted by atomic mass is 10.2. The average molecular weight is 471 g/mol. The normalized spacial score (nSPS) is 10.9. The van der Waals surface area contributed by atoms with E-state index in [0.29, 0.717) is 39.4 Å². The number of ether oxygens (including phenoxy) is 1. The molecular formula is C23H20Cl2N4O3. The topological polar surface area (TPSA) is 82.2 Å². The fraction of sp³-hybridized carbons (Fsp3) is 0.174. The molecule has 0 radical (unpaired) electrons. The molecule has 1 N–H and O–H groups in total. The Bertz CT molecular complexity index is 1250. The number of carbonyl (C=O) groups is 1. The Labute approximate surface area is 194 Å². The third-order valence-corrected chi connectivity index (χ3v) is 5.56. The zero-order valence-electron chi connectivity index (χ0n) is 17.4. The maximum absolute atomic E-state index is 12.8. The number of hydrogen-bond donors (Lipinski definition) is 1. The van der Waals surface area contributed by atoms with E-state index in [1.54, 1.807) is 36.1 Å². The van der Waals surface area contributed by atoms with E-state index < -0.39 is 5.91 Å². The summed E-state index contributed by atoms with van der Waals surface area (Å²) in [5.41, 5.74) is 3.36. The van der Waals surface area contributed by atoms with Gasteiger partial charge < -0.3 is 14.6 Å². The predicted octanol–water partition coefficient (Wildman–Crippen LogP) is 5.67. The van der Waals surface area contributed by atoms with E-state index in [9.17, 15) is 4.79 Å². The highest BCUT2D eigenvalue weighted by atomic mass is 35.5. The lowest BCUT2D eigenvalue weighted by Crippen LogP contribution is -2.15. The first-order valence-electron chi connectivity index (χ1n) is 9.81. The highest BCUT2D eigenvalue weighted by molar-refractivity contribution is 6.42. The lowest BCUT2D eigenvalue weighted by Gasteiger charge is -2.07. The molecule has 1 amide bonds. The third-order valence-electron chi connectivity index (χ3n) is 4.82. The molecule has 0 saturated carbocycles. The number of nitrogens with one attached hydrogen (secondary N) is 1. The first-order chi connectivity index (χ1) is 15.4. The van der Waals surface area contributed by atoms with Gasteiger partial charge in [-0.05, 0) is 43.7 Å². The number of aryl methyl sites for hydroxylation is 2. The van der Waals surface area contributed by atoms with E-state index in [1.807, 2.05) is 37.3 Å². The van der Waals surface area contributed by atoms with Crippen LogP contribution in [0.2, 0.25) is 10.0 Å². The summed E-state index contributed by atoms with van der Waals surface area (Å²) in [6, 6.07) is 13.0. The summed E-state index contributed by atoms with van der Waals surface area (Å²) >= 11 is 12.0. The van der Waals surface area contributed by atoms with Gasteiger partial charge in [0.1, 0.15) is 18.1 Å². The van der Waals surface area contributed by atoms with Crippen molar-refractivity contribution in [1.29, 1.82) is 0 Å². The molecule has 0 aliphatic carbocycles. The summed E-state index contributed by atoms with van der Waals surface area (Å²) in [5.74, 6) is 0.821. The maximum atomic E-state index is 12.8. The van der Waals surface area contributed by atoms with Crippen molar-refractivity contribution in [3.63, 3.8) is 0 Å². The number of hydrogen-bond acceptors (Lipinski definition) is 5. The summed E-state index contributed by atoms with van der Waals surface area (Å²) in [4.78, 5) is 12.8. The van der Waals surface area contributed by atoms with Crippen molar-refractivity contribution in [3.8, 4) is 5.75 Å². The molecule has 0 spiro atoms. The molecule has 0 atom stereocenters. The molecule has 0 bridgehead atoms. The zero-order valence-corrected chi connectivity index (χ0v) is 18.9. The molecule has 164 valence electrons. The van der Waals surface area contributed by atoms with Crippen molar-refractivity contribution in [3.05, 3.63) is 93.0 Å². The Kier molecular flexibility index (Phi) is 6.48. The molecule has 32 heavy (non-hydrogen) atoms. The van der Waals surface area contributed by atoms with Crippen LogP contribution < -0.4 is 10.1 Å². The molecule has 4 aromatic rings. The summed E-state index contributed by atoms with van der Waals surface area (Å²) in [6.07, 6.45) is 3.28. The van der Waals surface area contributed by atoms with Gasteiger partial charge in [0.15, 0.2) is 5.69 Å². The van der Waals surface area contributed by atoms with E-state index in [0.717, 1.165) is 11.1 Å². The second-order valence-corrected chi connectivity index (χ2v) is 8.11. The number of halogens is 2. The largest absolute Gasteiger partial charge is 0.489 e. The van der Waals surface area contributed by atoms with Crippen LogP contribution in [0.4, 0.5) is 5.69 Å². The Morgan fingerprint density at radius 1 is 1.12 bits per heavy atom. The van der Waals surface area contributed by atoms with Gasteiger partial charge in [0.2, 0.25) is 0 Å². The molecule has 0 aliphatic rings. The number of anilines is 1. The van der Waals surface area contributed by atoms with Gasteiger partial charge in [-0.25, -0.2) is 0 Å². The molecule has 2 aromatic carbocycles. The van der Waals surface area contributed by atoms with Gasteiger partial charge in [0.25, 0.3) is 5.91 Å². The van der Waals surface area contributed by atoms with E-state index in [1.165, 1.54) is 0 Å². The summed E-state index contributed by atoms with van der Waals surface area (Å²) in [5, 5.41) is 12.0. The van der Waals surface area contributed by atoms with Crippen LogP contribution in [0.15, 0.2) is 59.4 Å². The van der Waals surface area contributed by atoms with Crippen molar-refractivity contribution in [2.75, 3.05) is 5.32 Å². The molecule has 4 rings (SSSR count). The third kappa shape index (κ3) is 5.12. The van der Waals surface area contributed by atoms with Crippen LogP contribution in [-0.4, -0.2) is 20.8 Å². The first kappa shape index (κ1) is 21.9. The van der Waals surface area contributed by atoms with Gasteiger partial charge in [-0.1, -0.05) is 52.1 Å². The van der Waals surface area contributed by atoms with E-state index >= 15 is 0 Å². The molecule has 0 fully saturated rings. The van der Waals surface area contributed by atoms with Crippen molar-refractivity contribution in [1.82, 2.24) is 14.9 Å². The molecular weight excluding hydrogens is 451 g/mol. The fourth-order valence-electron chi connectivity index (χ4n) is 3.06. The molecule has 0 aliphatic heterocycles. The van der Waals surface area contributed by atoms with Crippen LogP contribution in [0.25, 0.3) is 0 Å². The molecule has 2 heterocycles. The number of rotatable bonds is 7. The van der Waals surface area contributed by atoms with Crippen LogP contribution in [0, 0.1) is 13.8 Å². The molecule has 0 unspecified atom stereocenters. The summed E-state index contributed by atoms with van der Waals surface area (Å²) in [7, 11) is 0. The smallest absolute Gasteiger partial charge is 0.278 e. The predicted molar refractivity (Wildman–Crippen MR) is 122 cm³/mol. The van der Waals surface area contributed by atoms with Crippen LogP contribution in [0.3, 0.4) is 0 Å². The first-order valence-corrected chi connectivity index (χ1v) is 10.6. The van der Waals surface area contributed by atoms with E-state index in [4.69, 9.17) is 32.5 Å². The lowest BCUT2D eigenvalue weighted by molar-refractivity contribution is 0.101. The minimum Gasteiger partial charge on any atom is -0.489 e. The van der Waals surface area contributed by atoms with E-state index in [-0.39, 0.29) is 12.3 Å². The fourth-order valence-corrected chi connectivity index (χ4v) is 3.38. The number of carbonyl (C=O) groups excluding carboxylic acids is 1.